The Morgan fingerprint density at radius 2 is 1.62 bits per heavy atom. The summed E-state index contributed by atoms with van der Waals surface area (Å²) in [5.41, 5.74) is -0.727. The van der Waals surface area contributed by atoms with E-state index >= 15 is 0 Å². The molecule has 4 fully saturated rings. The van der Waals surface area contributed by atoms with Crippen LogP contribution in [0, 0.1) is 23.2 Å². The van der Waals surface area contributed by atoms with Gasteiger partial charge in [0.15, 0.2) is 9.84 Å². The van der Waals surface area contributed by atoms with Crippen molar-refractivity contribution in [1.29, 1.82) is 5.26 Å². The maximum atomic E-state index is 13.5. The summed E-state index contributed by atoms with van der Waals surface area (Å²) in [6.07, 6.45) is 0.307. The number of hydrogen-bond acceptors (Lipinski definition) is 6. The first-order valence-corrected chi connectivity index (χ1v) is 13.6. The third-order valence-corrected chi connectivity index (χ3v) is 10.2. The number of nitriles is 1. The molecule has 0 bridgehead atoms. The molecule has 14 heteroatoms. The monoisotopic (exact) mass is 562 g/mol. The predicted octanol–water partition coefficient (Wildman–Crippen LogP) is 2.61. The zero-order valence-electron chi connectivity index (χ0n) is 19.4. The number of alkyl halides is 4. The molecule has 0 spiro atoms. The van der Waals surface area contributed by atoms with Crippen molar-refractivity contribution in [3.05, 3.63) is 23.2 Å². The van der Waals surface area contributed by atoms with Gasteiger partial charge in [-0.25, -0.2) is 26.0 Å². The number of sulfone groups is 1. The van der Waals surface area contributed by atoms with Crippen molar-refractivity contribution in [3.8, 4) is 6.07 Å². The number of amides is 2. The van der Waals surface area contributed by atoms with Crippen molar-refractivity contribution in [2.45, 2.75) is 53.2 Å². The van der Waals surface area contributed by atoms with Crippen molar-refractivity contribution in [1.82, 2.24) is 10.2 Å². The van der Waals surface area contributed by atoms with Crippen LogP contribution in [-0.4, -0.2) is 73.9 Å². The summed E-state index contributed by atoms with van der Waals surface area (Å²) in [6.45, 7) is -2.64. The zero-order chi connectivity index (χ0) is 27.0. The van der Waals surface area contributed by atoms with Crippen LogP contribution in [-0.2, 0) is 19.4 Å². The first-order chi connectivity index (χ1) is 17.2. The second kappa shape index (κ2) is 8.46. The van der Waals surface area contributed by atoms with Crippen LogP contribution in [0.4, 0.5) is 23.2 Å². The number of carbonyl (C=O) groups excluding carboxylic acids is 2. The molecule has 37 heavy (non-hydrogen) atoms. The van der Waals surface area contributed by atoms with Crippen LogP contribution in [0.25, 0.3) is 0 Å². The number of nitrogens with one attached hydrogen (secondary N) is 1. The highest BCUT2D eigenvalue weighted by Gasteiger charge is 2.55. The zero-order valence-corrected chi connectivity index (χ0v) is 21.0. The number of hydrogen-bond donors (Lipinski definition) is 1. The van der Waals surface area contributed by atoms with Gasteiger partial charge in [0.25, 0.3) is 11.8 Å². The van der Waals surface area contributed by atoms with Gasteiger partial charge in [-0.2, -0.15) is 5.26 Å². The predicted molar refractivity (Wildman–Crippen MR) is 123 cm³/mol. The topological polar surface area (TPSA) is 111 Å². The molecule has 2 heterocycles. The SMILES string of the molecule is N#CC1(NC(=O)C2CC(S(=O)(=O)c3ccc(N4CC(F)(F)C4)cc3Cl)CC2C(=O)N2CC(F)(F)C2)CC1. The summed E-state index contributed by atoms with van der Waals surface area (Å²) in [5, 5.41) is 10.5. The Bertz CT molecular complexity index is 1300. The van der Waals surface area contributed by atoms with Crippen LogP contribution in [0.5, 0.6) is 0 Å². The lowest BCUT2D eigenvalue weighted by Gasteiger charge is -2.40. The molecule has 3 atom stereocenters. The van der Waals surface area contributed by atoms with Gasteiger partial charge < -0.3 is 15.1 Å². The average molecular weight is 563 g/mol. The van der Waals surface area contributed by atoms with Gasteiger partial charge in [-0.15, -0.1) is 0 Å². The molecule has 3 unspecified atom stereocenters. The standard InChI is InChI=1S/C23H23ClF4N4O4S/c24-17-5-13(31-9-22(25,26)10-31)1-2-18(17)37(35,36)14-6-15(19(33)30-21(8-29)3-4-21)16(7-14)20(34)32-11-23(27,28)12-32/h1-2,5,14-16H,3-4,6-7,9-12H2,(H,30,33). The van der Waals surface area contributed by atoms with E-state index in [-0.39, 0.29) is 22.8 Å². The third kappa shape index (κ3) is 4.74. The quantitative estimate of drug-likeness (QED) is 0.534. The summed E-state index contributed by atoms with van der Waals surface area (Å²) in [4.78, 5) is 28.1. The van der Waals surface area contributed by atoms with E-state index in [9.17, 15) is 40.8 Å². The second-order valence-corrected chi connectivity index (χ2v) is 13.0. The minimum atomic E-state index is -4.19. The molecular weight excluding hydrogens is 540 g/mol. The first kappa shape index (κ1) is 26.0. The van der Waals surface area contributed by atoms with E-state index in [4.69, 9.17) is 11.6 Å². The van der Waals surface area contributed by atoms with E-state index in [1.54, 1.807) is 0 Å². The Hall–Kier alpha value is -2.59. The van der Waals surface area contributed by atoms with E-state index in [1.807, 2.05) is 6.07 Å². The molecule has 2 aliphatic heterocycles. The molecule has 0 radical (unpaired) electrons. The van der Waals surface area contributed by atoms with E-state index in [1.165, 1.54) is 23.1 Å². The summed E-state index contributed by atoms with van der Waals surface area (Å²) >= 11 is 6.25. The van der Waals surface area contributed by atoms with Crippen LogP contribution in [0.1, 0.15) is 25.7 Å². The van der Waals surface area contributed by atoms with Gasteiger partial charge in [0.2, 0.25) is 11.8 Å². The molecule has 8 nitrogen and oxygen atoms in total. The molecule has 4 aliphatic rings. The molecule has 1 N–H and O–H groups in total. The molecule has 1 aromatic carbocycles. The number of nitrogens with zero attached hydrogens (tertiary/aromatic N) is 3. The van der Waals surface area contributed by atoms with E-state index in [2.05, 4.69) is 5.32 Å². The molecule has 2 amide bonds. The third-order valence-electron chi connectivity index (χ3n) is 7.53. The fraction of sp³-hybridized carbons (Fsp3) is 0.609. The average Bonchev–Trinajstić information content (AvgIpc) is 3.39. The van der Waals surface area contributed by atoms with Crippen molar-refractivity contribution in [2.24, 2.45) is 11.8 Å². The summed E-state index contributed by atoms with van der Waals surface area (Å²) in [7, 11) is -4.19. The van der Waals surface area contributed by atoms with E-state index in [0.29, 0.717) is 18.5 Å². The van der Waals surface area contributed by atoms with Crippen molar-refractivity contribution in [2.75, 3.05) is 31.1 Å². The van der Waals surface area contributed by atoms with Crippen molar-refractivity contribution in [3.63, 3.8) is 0 Å². The lowest BCUT2D eigenvalue weighted by atomic mass is 9.92. The number of rotatable bonds is 6. The molecule has 1 aromatic rings. The van der Waals surface area contributed by atoms with Crippen LogP contribution in [0.3, 0.4) is 0 Å². The van der Waals surface area contributed by atoms with Gasteiger partial charge in [0.05, 0.1) is 59.3 Å². The van der Waals surface area contributed by atoms with Crippen LogP contribution < -0.4 is 10.2 Å². The smallest absolute Gasteiger partial charge is 0.282 e. The normalized spacial score (nSPS) is 29.0. The lowest BCUT2D eigenvalue weighted by Crippen LogP contribution is -2.60. The van der Waals surface area contributed by atoms with Crippen LogP contribution in [0.2, 0.25) is 5.02 Å². The summed E-state index contributed by atoms with van der Waals surface area (Å²) < 4.78 is 80.3. The number of halogens is 5. The van der Waals surface area contributed by atoms with E-state index < -0.39 is 82.3 Å². The van der Waals surface area contributed by atoms with Gasteiger partial charge in [0.1, 0.15) is 5.54 Å². The number of benzene rings is 1. The van der Waals surface area contributed by atoms with Gasteiger partial charge in [0, 0.05) is 5.69 Å². The van der Waals surface area contributed by atoms with Gasteiger partial charge in [-0.1, -0.05) is 11.6 Å². The number of anilines is 1. The molecule has 0 aromatic heterocycles. The molecule has 200 valence electrons. The largest absolute Gasteiger partial charge is 0.359 e. The highest BCUT2D eigenvalue weighted by atomic mass is 35.5. The first-order valence-electron chi connectivity index (χ1n) is 11.7. The van der Waals surface area contributed by atoms with Gasteiger partial charge in [-0.3, -0.25) is 9.59 Å². The molecule has 2 saturated carbocycles. The molecule has 2 aliphatic carbocycles. The lowest BCUT2D eigenvalue weighted by molar-refractivity contribution is -0.171. The molecule has 5 rings (SSSR count). The van der Waals surface area contributed by atoms with E-state index in [0.717, 1.165) is 4.90 Å². The Morgan fingerprint density at radius 3 is 2.14 bits per heavy atom. The maximum Gasteiger partial charge on any atom is 0.282 e. The molecule has 2 saturated heterocycles. The fourth-order valence-corrected chi connectivity index (χ4v) is 7.59. The fourth-order valence-electron chi connectivity index (χ4n) is 5.22. The Morgan fingerprint density at radius 1 is 1.03 bits per heavy atom. The Labute approximate surface area is 215 Å². The van der Waals surface area contributed by atoms with Crippen molar-refractivity contribution >= 4 is 38.9 Å². The second-order valence-electron chi connectivity index (χ2n) is 10.4. The van der Waals surface area contributed by atoms with Gasteiger partial charge >= 0.3 is 0 Å². The highest BCUT2D eigenvalue weighted by Crippen LogP contribution is 2.44. The van der Waals surface area contributed by atoms with Crippen LogP contribution in [0.15, 0.2) is 23.1 Å². The molecular formula is C23H23ClF4N4O4S. The minimum absolute atomic E-state index is 0.188. The number of carbonyl (C=O) groups is 2. The van der Waals surface area contributed by atoms with Crippen LogP contribution >= 0.6 is 11.6 Å². The summed E-state index contributed by atoms with van der Waals surface area (Å²) in [6, 6.07) is 5.84. The Balaban J connectivity index is 1.38. The highest BCUT2D eigenvalue weighted by molar-refractivity contribution is 7.92. The maximum absolute atomic E-state index is 13.5. The minimum Gasteiger partial charge on any atom is -0.359 e. The van der Waals surface area contributed by atoms with Gasteiger partial charge in [-0.05, 0) is 43.9 Å². The number of likely N-dealkylation sites (tertiary alicyclic amines) is 1. The Kier molecular flexibility index (Phi) is 5.95. The summed E-state index contributed by atoms with van der Waals surface area (Å²) in [5.74, 6) is -9.55. The van der Waals surface area contributed by atoms with Crippen molar-refractivity contribution < 1.29 is 35.6 Å².